The molecule has 66 valence electrons. The van der Waals surface area contributed by atoms with Gasteiger partial charge in [-0.15, -0.1) is 0 Å². The topological polar surface area (TPSA) is 27.8 Å². The molecule has 1 aliphatic rings. The van der Waals surface area contributed by atoms with Crippen LogP contribution >= 0.6 is 0 Å². The average Bonchev–Trinajstić information content (AvgIpc) is 2.65. The van der Waals surface area contributed by atoms with Gasteiger partial charge in [0.2, 0.25) is 0 Å². The number of nitrogens with one attached hydrogen (secondary N) is 2. The molecule has 0 bridgehead atoms. The Morgan fingerprint density at radius 3 is 3.15 bits per heavy atom. The third kappa shape index (κ3) is 0.886. The molecule has 1 aromatic heterocycles. The summed E-state index contributed by atoms with van der Waals surface area (Å²) in [6.07, 6.45) is 1.16. The summed E-state index contributed by atoms with van der Waals surface area (Å²) in [5.41, 5.74) is 5.30. The molecule has 0 aliphatic carbocycles. The van der Waals surface area contributed by atoms with Crippen LogP contribution in [0.1, 0.15) is 11.3 Å². The van der Waals surface area contributed by atoms with E-state index in [0.717, 1.165) is 13.0 Å². The Balaban J connectivity index is 2.42. The standard InChI is InChI=1S/C11H12N2/c1-7-6-9-8-4-5-12-10(8)2-3-11(9)13-7/h2-3,6,12-13H,4-5H2,1H3. The SMILES string of the molecule is Cc1cc2c3c(ccc2[nH]1)NCC3. The van der Waals surface area contributed by atoms with Crippen molar-refractivity contribution in [3.8, 4) is 0 Å². The van der Waals surface area contributed by atoms with Gasteiger partial charge in [0.05, 0.1) is 0 Å². The highest BCUT2D eigenvalue weighted by Crippen LogP contribution is 2.30. The lowest BCUT2D eigenvalue weighted by Crippen LogP contribution is -1.90. The van der Waals surface area contributed by atoms with Crippen LogP contribution in [0.4, 0.5) is 5.69 Å². The molecule has 3 rings (SSSR count). The van der Waals surface area contributed by atoms with Crippen molar-refractivity contribution < 1.29 is 0 Å². The minimum atomic E-state index is 1.08. The van der Waals surface area contributed by atoms with E-state index in [2.05, 4.69) is 35.4 Å². The summed E-state index contributed by atoms with van der Waals surface area (Å²) < 4.78 is 0. The molecule has 0 radical (unpaired) electrons. The number of benzene rings is 1. The molecule has 1 aliphatic heterocycles. The Morgan fingerprint density at radius 2 is 2.23 bits per heavy atom. The highest BCUT2D eigenvalue weighted by molar-refractivity contribution is 5.89. The molecule has 0 amide bonds. The van der Waals surface area contributed by atoms with Gasteiger partial charge in [-0.1, -0.05) is 0 Å². The smallest absolute Gasteiger partial charge is 0.0460 e. The van der Waals surface area contributed by atoms with Gasteiger partial charge in [-0.05, 0) is 37.1 Å². The van der Waals surface area contributed by atoms with Crippen molar-refractivity contribution in [3.05, 3.63) is 29.5 Å². The van der Waals surface area contributed by atoms with Gasteiger partial charge in [0.15, 0.2) is 0 Å². The van der Waals surface area contributed by atoms with E-state index in [0.29, 0.717) is 0 Å². The second-order valence-corrected chi connectivity index (χ2v) is 3.68. The molecule has 0 unspecified atom stereocenters. The lowest BCUT2D eigenvalue weighted by molar-refractivity contribution is 1.11. The van der Waals surface area contributed by atoms with Gasteiger partial charge in [0, 0.05) is 28.8 Å². The van der Waals surface area contributed by atoms with Crippen LogP contribution in [-0.2, 0) is 6.42 Å². The number of hydrogen-bond acceptors (Lipinski definition) is 1. The minimum Gasteiger partial charge on any atom is -0.384 e. The zero-order chi connectivity index (χ0) is 8.84. The summed E-state index contributed by atoms with van der Waals surface area (Å²) >= 11 is 0. The van der Waals surface area contributed by atoms with Crippen molar-refractivity contribution in [2.24, 2.45) is 0 Å². The Hall–Kier alpha value is -1.44. The van der Waals surface area contributed by atoms with E-state index >= 15 is 0 Å². The van der Waals surface area contributed by atoms with Crippen LogP contribution in [0, 0.1) is 6.92 Å². The van der Waals surface area contributed by atoms with E-state index in [9.17, 15) is 0 Å². The summed E-state index contributed by atoms with van der Waals surface area (Å²) in [5.74, 6) is 0. The zero-order valence-corrected chi connectivity index (χ0v) is 7.65. The third-order valence-corrected chi connectivity index (χ3v) is 2.74. The molecule has 0 atom stereocenters. The van der Waals surface area contributed by atoms with Crippen molar-refractivity contribution in [1.29, 1.82) is 0 Å². The Labute approximate surface area is 77.0 Å². The predicted molar refractivity (Wildman–Crippen MR) is 55.2 cm³/mol. The first kappa shape index (κ1) is 7.01. The monoisotopic (exact) mass is 172 g/mol. The minimum absolute atomic E-state index is 1.08. The largest absolute Gasteiger partial charge is 0.384 e. The number of hydrogen-bond donors (Lipinski definition) is 2. The molecule has 1 aromatic carbocycles. The number of aromatic nitrogens is 1. The van der Waals surface area contributed by atoms with Crippen LogP contribution in [0.3, 0.4) is 0 Å². The average molecular weight is 172 g/mol. The molecule has 0 fully saturated rings. The zero-order valence-electron chi connectivity index (χ0n) is 7.65. The first-order chi connectivity index (χ1) is 6.34. The lowest BCUT2D eigenvalue weighted by Gasteiger charge is -1.99. The summed E-state index contributed by atoms with van der Waals surface area (Å²) in [6, 6.07) is 6.56. The Morgan fingerprint density at radius 1 is 1.31 bits per heavy atom. The number of H-pyrrole nitrogens is 1. The van der Waals surface area contributed by atoms with E-state index in [1.165, 1.54) is 27.8 Å². The van der Waals surface area contributed by atoms with Crippen LogP contribution in [-0.4, -0.2) is 11.5 Å². The van der Waals surface area contributed by atoms with Crippen molar-refractivity contribution in [2.45, 2.75) is 13.3 Å². The fraction of sp³-hybridized carbons (Fsp3) is 0.273. The molecule has 13 heavy (non-hydrogen) atoms. The summed E-state index contributed by atoms with van der Waals surface area (Å²) in [5, 5.41) is 4.78. The van der Waals surface area contributed by atoms with Crippen LogP contribution < -0.4 is 5.32 Å². The maximum atomic E-state index is 3.39. The fourth-order valence-corrected chi connectivity index (χ4v) is 2.16. The molecule has 2 heterocycles. The first-order valence-electron chi connectivity index (χ1n) is 4.70. The molecule has 2 N–H and O–H groups in total. The summed E-state index contributed by atoms with van der Waals surface area (Å²) in [7, 11) is 0. The molecule has 0 saturated heterocycles. The maximum absolute atomic E-state index is 3.39. The number of rotatable bonds is 0. The van der Waals surface area contributed by atoms with Gasteiger partial charge in [0.1, 0.15) is 0 Å². The quantitative estimate of drug-likeness (QED) is 0.627. The van der Waals surface area contributed by atoms with Crippen LogP contribution in [0.2, 0.25) is 0 Å². The molecule has 0 saturated carbocycles. The molecule has 2 aromatic rings. The summed E-state index contributed by atoms with van der Waals surface area (Å²) in [6.45, 7) is 3.19. The molecule has 0 spiro atoms. The van der Waals surface area contributed by atoms with Gasteiger partial charge < -0.3 is 10.3 Å². The van der Waals surface area contributed by atoms with Gasteiger partial charge in [-0.3, -0.25) is 0 Å². The summed E-state index contributed by atoms with van der Waals surface area (Å²) in [4.78, 5) is 3.36. The van der Waals surface area contributed by atoms with Crippen LogP contribution in [0.25, 0.3) is 10.9 Å². The van der Waals surface area contributed by atoms with E-state index in [1.807, 2.05) is 0 Å². The van der Waals surface area contributed by atoms with Gasteiger partial charge in [0.25, 0.3) is 0 Å². The Kier molecular flexibility index (Phi) is 1.23. The third-order valence-electron chi connectivity index (χ3n) is 2.74. The number of aromatic amines is 1. The van der Waals surface area contributed by atoms with E-state index in [4.69, 9.17) is 0 Å². The molecular formula is C11H12N2. The van der Waals surface area contributed by atoms with Crippen molar-refractivity contribution >= 4 is 16.6 Å². The number of fused-ring (bicyclic) bond motifs is 3. The van der Waals surface area contributed by atoms with Crippen LogP contribution in [0.5, 0.6) is 0 Å². The van der Waals surface area contributed by atoms with E-state index in [-0.39, 0.29) is 0 Å². The van der Waals surface area contributed by atoms with Crippen molar-refractivity contribution in [2.75, 3.05) is 11.9 Å². The highest BCUT2D eigenvalue weighted by atomic mass is 14.9. The predicted octanol–water partition coefficient (Wildman–Crippen LogP) is 2.44. The van der Waals surface area contributed by atoms with Crippen molar-refractivity contribution in [3.63, 3.8) is 0 Å². The van der Waals surface area contributed by atoms with Gasteiger partial charge in [-0.25, -0.2) is 0 Å². The van der Waals surface area contributed by atoms with Gasteiger partial charge >= 0.3 is 0 Å². The normalized spacial score (nSPS) is 14.5. The van der Waals surface area contributed by atoms with Crippen LogP contribution in [0.15, 0.2) is 18.2 Å². The lowest BCUT2D eigenvalue weighted by atomic mass is 10.1. The van der Waals surface area contributed by atoms with Gasteiger partial charge in [-0.2, -0.15) is 0 Å². The Bertz CT molecular complexity index is 468. The number of aryl methyl sites for hydroxylation is 1. The first-order valence-corrected chi connectivity index (χ1v) is 4.70. The highest BCUT2D eigenvalue weighted by Gasteiger charge is 2.13. The second-order valence-electron chi connectivity index (χ2n) is 3.68. The molecular weight excluding hydrogens is 160 g/mol. The van der Waals surface area contributed by atoms with Crippen molar-refractivity contribution in [1.82, 2.24) is 4.98 Å². The fourth-order valence-electron chi connectivity index (χ4n) is 2.16. The molecule has 2 nitrogen and oxygen atoms in total. The molecule has 2 heteroatoms. The van der Waals surface area contributed by atoms with E-state index in [1.54, 1.807) is 0 Å². The second kappa shape index (κ2) is 2.28. The van der Waals surface area contributed by atoms with E-state index < -0.39 is 0 Å². The maximum Gasteiger partial charge on any atom is 0.0460 e. The number of anilines is 1.